The average Bonchev–Trinajstić information content (AvgIpc) is 2.27. The predicted octanol–water partition coefficient (Wildman–Crippen LogP) is 1.11. The second kappa shape index (κ2) is 6.22. The summed E-state index contributed by atoms with van der Waals surface area (Å²) < 4.78 is 25.4. The van der Waals surface area contributed by atoms with Crippen LogP contribution in [0, 0.1) is 5.92 Å². The van der Waals surface area contributed by atoms with Crippen LogP contribution in [-0.4, -0.2) is 43.5 Å². The van der Waals surface area contributed by atoms with Crippen molar-refractivity contribution in [2.45, 2.75) is 51.5 Å². The van der Waals surface area contributed by atoms with Crippen LogP contribution in [0.1, 0.15) is 45.4 Å². The molecule has 0 aromatic carbocycles. The maximum atomic E-state index is 11.9. The molecule has 0 bridgehead atoms. The Bertz CT molecular complexity index is 410. The van der Waals surface area contributed by atoms with Crippen molar-refractivity contribution in [3.05, 3.63) is 0 Å². The highest BCUT2D eigenvalue weighted by Crippen LogP contribution is 2.27. The van der Waals surface area contributed by atoms with Gasteiger partial charge in [0.15, 0.2) is 0 Å². The first-order chi connectivity index (χ1) is 9.03. The van der Waals surface area contributed by atoms with E-state index in [-0.39, 0.29) is 23.6 Å². The van der Waals surface area contributed by atoms with Gasteiger partial charge >= 0.3 is 0 Å². The lowest BCUT2D eigenvalue weighted by Crippen LogP contribution is -2.48. The van der Waals surface area contributed by atoms with Gasteiger partial charge in [0.05, 0.1) is 5.75 Å². The molecule has 1 saturated heterocycles. The largest absolute Gasteiger partial charge is 0.353 e. The fourth-order valence-electron chi connectivity index (χ4n) is 2.65. The molecule has 1 aliphatic carbocycles. The molecule has 6 heteroatoms. The van der Waals surface area contributed by atoms with Crippen LogP contribution >= 0.6 is 0 Å². The molecule has 0 aromatic rings. The Hall–Kier alpha value is -0.620. The molecule has 2 rings (SSSR count). The summed E-state index contributed by atoms with van der Waals surface area (Å²) >= 11 is 0. The zero-order valence-corrected chi connectivity index (χ0v) is 12.4. The van der Waals surface area contributed by atoms with E-state index in [1.807, 2.05) is 6.92 Å². The van der Waals surface area contributed by atoms with E-state index < -0.39 is 10.0 Å². The number of carbonyl (C=O) groups is 1. The molecule has 1 heterocycles. The fourth-order valence-corrected chi connectivity index (χ4v) is 4.20. The summed E-state index contributed by atoms with van der Waals surface area (Å²) in [6.07, 6.45) is 5.31. The van der Waals surface area contributed by atoms with E-state index in [0.29, 0.717) is 19.5 Å². The lowest BCUT2D eigenvalue weighted by atomic mass is 9.84. The molecule has 1 N–H and O–H groups in total. The number of sulfonamides is 1. The van der Waals surface area contributed by atoms with Crippen LogP contribution in [0.5, 0.6) is 0 Å². The second-order valence-electron chi connectivity index (χ2n) is 5.63. The molecule has 2 fully saturated rings. The third-order valence-corrected chi connectivity index (χ3v) is 6.21. The number of carbonyl (C=O) groups excluding carboxylic acids is 1. The number of nitrogens with zero attached hydrogens (tertiary/aromatic N) is 1. The van der Waals surface area contributed by atoms with Gasteiger partial charge in [0.2, 0.25) is 15.9 Å². The normalized spacial score (nSPS) is 23.0. The third-order valence-electron chi connectivity index (χ3n) is 4.13. The minimum Gasteiger partial charge on any atom is -0.353 e. The quantitative estimate of drug-likeness (QED) is 0.824. The fraction of sp³-hybridized carbons (Fsp3) is 0.923. The van der Waals surface area contributed by atoms with E-state index >= 15 is 0 Å². The first kappa shape index (κ1) is 14.8. The molecule has 1 amide bonds. The van der Waals surface area contributed by atoms with E-state index in [9.17, 15) is 13.2 Å². The van der Waals surface area contributed by atoms with Gasteiger partial charge in [0.25, 0.3) is 0 Å². The van der Waals surface area contributed by atoms with Crippen molar-refractivity contribution in [3.63, 3.8) is 0 Å². The van der Waals surface area contributed by atoms with Gasteiger partial charge in [-0.3, -0.25) is 4.79 Å². The Labute approximate surface area is 115 Å². The molecular weight excluding hydrogens is 264 g/mol. The van der Waals surface area contributed by atoms with E-state index in [0.717, 1.165) is 32.1 Å². The molecule has 5 nitrogen and oxygen atoms in total. The highest BCUT2D eigenvalue weighted by molar-refractivity contribution is 7.89. The van der Waals surface area contributed by atoms with Gasteiger partial charge in [-0.15, -0.1) is 0 Å². The lowest BCUT2D eigenvalue weighted by Gasteiger charge is -2.33. The molecule has 0 radical (unpaired) electrons. The van der Waals surface area contributed by atoms with Crippen molar-refractivity contribution in [2.75, 3.05) is 18.8 Å². The van der Waals surface area contributed by atoms with Gasteiger partial charge in [-0.25, -0.2) is 12.7 Å². The highest BCUT2D eigenvalue weighted by Gasteiger charge is 2.30. The lowest BCUT2D eigenvalue weighted by molar-refractivity contribution is -0.128. The molecule has 2 aliphatic rings. The van der Waals surface area contributed by atoms with Gasteiger partial charge in [-0.05, 0) is 32.1 Å². The summed E-state index contributed by atoms with van der Waals surface area (Å²) in [6, 6.07) is 0.154. The van der Waals surface area contributed by atoms with E-state index in [2.05, 4.69) is 5.32 Å². The number of hydrogen-bond donors (Lipinski definition) is 1. The SMILES string of the molecule is CCCS(=O)(=O)N1CCC(NC(=O)C2CCC2)CC1. The topological polar surface area (TPSA) is 66.5 Å². The maximum absolute atomic E-state index is 11.9. The summed E-state index contributed by atoms with van der Waals surface area (Å²) in [7, 11) is -3.07. The number of rotatable bonds is 5. The van der Waals surface area contributed by atoms with Crippen LogP contribution in [-0.2, 0) is 14.8 Å². The third kappa shape index (κ3) is 3.69. The van der Waals surface area contributed by atoms with Gasteiger partial charge in [-0.1, -0.05) is 13.3 Å². The molecule has 0 aromatic heterocycles. The van der Waals surface area contributed by atoms with Crippen molar-refractivity contribution < 1.29 is 13.2 Å². The molecule has 1 aliphatic heterocycles. The Morgan fingerprint density at radius 2 is 1.84 bits per heavy atom. The Balaban J connectivity index is 1.77. The second-order valence-corrected chi connectivity index (χ2v) is 7.71. The molecule has 0 unspecified atom stereocenters. The van der Waals surface area contributed by atoms with Crippen molar-refractivity contribution in [1.82, 2.24) is 9.62 Å². The monoisotopic (exact) mass is 288 g/mol. The minimum atomic E-state index is -3.07. The summed E-state index contributed by atoms with van der Waals surface area (Å²) in [5.74, 6) is 0.606. The van der Waals surface area contributed by atoms with E-state index in [1.54, 1.807) is 4.31 Å². The Kier molecular flexibility index (Phi) is 4.84. The number of amides is 1. The van der Waals surface area contributed by atoms with Crippen LogP contribution < -0.4 is 5.32 Å². The number of piperidine rings is 1. The standard InChI is InChI=1S/C13H24N2O3S/c1-2-10-19(17,18)15-8-6-12(7-9-15)14-13(16)11-4-3-5-11/h11-12H,2-10H2,1H3,(H,14,16). The van der Waals surface area contributed by atoms with Crippen molar-refractivity contribution in [1.29, 1.82) is 0 Å². The molecule has 0 spiro atoms. The Morgan fingerprint density at radius 3 is 2.32 bits per heavy atom. The van der Waals surface area contributed by atoms with Gasteiger partial charge in [-0.2, -0.15) is 0 Å². The van der Waals surface area contributed by atoms with Crippen LogP contribution in [0.15, 0.2) is 0 Å². The van der Waals surface area contributed by atoms with Gasteiger partial charge < -0.3 is 5.32 Å². The first-order valence-corrected chi connectivity index (χ1v) is 8.92. The summed E-state index contributed by atoms with van der Waals surface area (Å²) in [4.78, 5) is 11.8. The maximum Gasteiger partial charge on any atom is 0.223 e. The number of hydrogen-bond acceptors (Lipinski definition) is 3. The van der Waals surface area contributed by atoms with Gasteiger partial charge in [0.1, 0.15) is 0 Å². The molecule has 0 atom stereocenters. The van der Waals surface area contributed by atoms with Crippen LogP contribution in [0.2, 0.25) is 0 Å². The number of nitrogens with one attached hydrogen (secondary N) is 1. The summed E-state index contributed by atoms with van der Waals surface area (Å²) in [5.41, 5.74) is 0. The summed E-state index contributed by atoms with van der Waals surface area (Å²) in [6.45, 7) is 2.96. The van der Waals surface area contributed by atoms with Gasteiger partial charge in [0, 0.05) is 25.0 Å². The van der Waals surface area contributed by atoms with Crippen molar-refractivity contribution in [2.24, 2.45) is 5.92 Å². The molecule has 1 saturated carbocycles. The first-order valence-electron chi connectivity index (χ1n) is 7.31. The predicted molar refractivity (Wildman–Crippen MR) is 74.2 cm³/mol. The van der Waals surface area contributed by atoms with Crippen LogP contribution in [0.25, 0.3) is 0 Å². The minimum absolute atomic E-state index is 0.154. The Morgan fingerprint density at radius 1 is 1.21 bits per heavy atom. The zero-order chi connectivity index (χ0) is 13.9. The molecule has 19 heavy (non-hydrogen) atoms. The van der Waals surface area contributed by atoms with E-state index in [1.165, 1.54) is 0 Å². The molecular formula is C13H24N2O3S. The average molecular weight is 288 g/mol. The van der Waals surface area contributed by atoms with Crippen LogP contribution in [0.3, 0.4) is 0 Å². The zero-order valence-electron chi connectivity index (χ0n) is 11.6. The van der Waals surface area contributed by atoms with Crippen molar-refractivity contribution in [3.8, 4) is 0 Å². The van der Waals surface area contributed by atoms with E-state index in [4.69, 9.17) is 0 Å². The summed E-state index contributed by atoms with van der Waals surface area (Å²) in [5, 5.41) is 3.06. The molecule has 110 valence electrons. The highest BCUT2D eigenvalue weighted by atomic mass is 32.2. The van der Waals surface area contributed by atoms with Crippen LogP contribution in [0.4, 0.5) is 0 Å². The van der Waals surface area contributed by atoms with Crippen molar-refractivity contribution >= 4 is 15.9 Å². The smallest absolute Gasteiger partial charge is 0.223 e.